The molecule has 29 heavy (non-hydrogen) atoms. The molecular formula is C23H37N3O2S. The summed E-state index contributed by atoms with van der Waals surface area (Å²) in [6, 6.07) is 8.72. The molecule has 1 aromatic rings. The van der Waals surface area contributed by atoms with Crippen LogP contribution in [0.1, 0.15) is 44.6 Å². The Morgan fingerprint density at radius 3 is 2.69 bits per heavy atom. The maximum atomic E-state index is 6.15. The van der Waals surface area contributed by atoms with Crippen LogP contribution in [0.15, 0.2) is 34.2 Å². The second kappa shape index (κ2) is 12.5. The van der Waals surface area contributed by atoms with Crippen molar-refractivity contribution in [3.63, 3.8) is 0 Å². The first-order valence-corrected chi connectivity index (χ1v) is 12.2. The van der Waals surface area contributed by atoms with Crippen LogP contribution in [0.4, 0.5) is 0 Å². The Bertz CT molecular complexity index is 609. The molecule has 1 atom stereocenters. The third kappa shape index (κ3) is 7.83. The van der Waals surface area contributed by atoms with Crippen LogP contribution in [0.2, 0.25) is 0 Å². The van der Waals surface area contributed by atoms with Crippen molar-refractivity contribution < 1.29 is 9.47 Å². The molecule has 2 heterocycles. The first-order valence-electron chi connectivity index (χ1n) is 11.2. The first-order chi connectivity index (χ1) is 14.2. The maximum absolute atomic E-state index is 6.15. The monoisotopic (exact) mass is 419 g/mol. The van der Waals surface area contributed by atoms with Crippen molar-refractivity contribution in [1.29, 1.82) is 0 Å². The SMILES string of the molecule is CCNC(=NCCSc1ccc(C)cc1)N1CCC(OCC2CCCCO2)CC1. The molecule has 0 aromatic heterocycles. The Morgan fingerprint density at radius 2 is 2.00 bits per heavy atom. The Labute approximate surface area is 180 Å². The summed E-state index contributed by atoms with van der Waals surface area (Å²) < 4.78 is 11.9. The van der Waals surface area contributed by atoms with E-state index in [1.165, 1.54) is 23.3 Å². The van der Waals surface area contributed by atoms with E-state index in [1.54, 1.807) is 0 Å². The van der Waals surface area contributed by atoms with Gasteiger partial charge in [0.05, 0.1) is 25.4 Å². The highest BCUT2D eigenvalue weighted by molar-refractivity contribution is 7.99. The molecule has 2 aliphatic heterocycles. The minimum absolute atomic E-state index is 0.312. The third-order valence-corrected chi connectivity index (χ3v) is 6.50. The van der Waals surface area contributed by atoms with E-state index >= 15 is 0 Å². The summed E-state index contributed by atoms with van der Waals surface area (Å²) in [4.78, 5) is 8.57. The number of piperidine rings is 1. The van der Waals surface area contributed by atoms with Crippen molar-refractivity contribution in [2.24, 2.45) is 4.99 Å². The molecule has 1 unspecified atom stereocenters. The van der Waals surface area contributed by atoms with Gasteiger partial charge >= 0.3 is 0 Å². The van der Waals surface area contributed by atoms with Gasteiger partial charge in [-0.05, 0) is 58.1 Å². The molecule has 0 radical (unpaired) electrons. The van der Waals surface area contributed by atoms with Crippen LogP contribution in [0.5, 0.6) is 0 Å². The fourth-order valence-corrected chi connectivity index (χ4v) is 4.54. The number of hydrogen-bond acceptors (Lipinski definition) is 4. The topological polar surface area (TPSA) is 46.1 Å². The largest absolute Gasteiger partial charge is 0.376 e. The first kappa shape index (κ1) is 22.4. The molecule has 2 aliphatic rings. The summed E-state index contributed by atoms with van der Waals surface area (Å²) in [5, 5.41) is 3.46. The minimum atomic E-state index is 0.312. The summed E-state index contributed by atoms with van der Waals surface area (Å²) in [6.45, 7) is 9.66. The molecule has 0 aliphatic carbocycles. The van der Waals surface area contributed by atoms with Gasteiger partial charge in [0.1, 0.15) is 0 Å². The lowest BCUT2D eigenvalue weighted by molar-refractivity contribution is -0.0721. The van der Waals surface area contributed by atoms with Gasteiger partial charge in [-0.2, -0.15) is 0 Å². The summed E-state index contributed by atoms with van der Waals surface area (Å²) in [6.07, 6.45) is 6.42. The summed E-state index contributed by atoms with van der Waals surface area (Å²) in [5.74, 6) is 2.05. The Hall–Kier alpha value is -1.24. The van der Waals surface area contributed by atoms with Crippen LogP contribution < -0.4 is 5.32 Å². The predicted molar refractivity (Wildman–Crippen MR) is 122 cm³/mol. The van der Waals surface area contributed by atoms with Crippen molar-refractivity contribution >= 4 is 17.7 Å². The molecular weight excluding hydrogens is 382 g/mol. The zero-order chi connectivity index (χ0) is 20.3. The Morgan fingerprint density at radius 1 is 1.21 bits per heavy atom. The summed E-state index contributed by atoms with van der Waals surface area (Å²) >= 11 is 1.87. The summed E-state index contributed by atoms with van der Waals surface area (Å²) in [5.41, 5.74) is 1.31. The number of thioether (sulfide) groups is 1. The number of hydrogen-bond donors (Lipinski definition) is 1. The van der Waals surface area contributed by atoms with Crippen molar-refractivity contribution in [1.82, 2.24) is 10.2 Å². The van der Waals surface area contributed by atoms with Crippen molar-refractivity contribution in [3.05, 3.63) is 29.8 Å². The second-order valence-electron chi connectivity index (χ2n) is 7.91. The number of nitrogens with one attached hydrogen (secondary N) is 1. The highest BCUT2D eigenvalue weighted by Gasteiger charge is 2.23. The maximum Gasteiger partial charge on any atom is 0.193 e. The van der Waals surface area contributed by atoms with Crippen molar-refractivity contribution in [2.75, 3.05) is 45.1 Å². The third-order valence-electron chi connectivity index (χ3n) is 5.51. The molecule has 1 N–H and O–H groups in total. The van der Waals surface area contributed by atoms with E-state index in [9.17, 15) is 0 Å². The minimum Gasteiger partial charge on any atom is -0.376 e. The highest BCUT2D eigenvalue weighted by atomic mass is 32.2. The number of likely N-dealkylation sites (tertiary alicyclic amines) is 1. The lowest BCUT2D eigenvalue weighted by Gasteiger charge is -2.35. The number of ether oxygens (including phenoxy) is 2. The van der Waals surface area contributed by atoms with Crippen LogP contribution in [-0.2, 0) is 9.47 Å². The molecule has 2 saturated heterocycles. The average Bonchev–Trinajstić information content (AvgIpc) is 2.77. The van der Waals surface area contributed by atoms with Gasteiger partial charge in [-0.1, -0.05) is 17.7 Å². The lowest BCUT2D eigenvalue weighted by Crippen LogP contribution is -2.47. The average molecular weight is 420 g/mol. The van der Waals surface area contributed by atoms with Gasteiger partial charge in [0.2, 0.25) is 0 Å². The van der Waals surface area contributed by atoms with E-state index in [0.29, 0.717) is 12.2 Å². The number of nitrogens with zero attached hydrogens (tertiary/aromatic N) is 2. The van der Waals surface area contributed by atoms with E-state index in [-0.39, 0.29) is 0 Å². The van der Waals surface area contributed by atoms with E-state index in [0.717, 1.165) is 70.4 Å². The zero-order valence-corrected chi connectivity index (χ0v) is 18.9. The molecule has 162 valence electrons. The van der Waals surface area contributed by atoms with E-state index in [4.69, 9.17) is 14.5 Å². The molecule has 0 amide bonds. The number of guanidine groups is 1. The number of aliphatic imine (C=N–C) groups is 1. The van der Waals surface area contributed by atoms with Gasteiger partial charge < -0.3 is 19.7 Å². The normalized spacial score (nSPS) is 21.4. The lowest BCUT2D eigenvalue weighted by atomic mass is 10.1. The van der Waals surface area contributed by atoms with Crippen molar-refractivity contribution in [3.8, 4) is 0 Å². The van der Waals surface area contributed by atoms with Crippen LogP contribution in [-0.4, -0.2) is 68.2 Å². The second-order valence-corrected chi connectivity index (χ2v) is 9.07. The molecule has 1 aromatic carbocycles. The van der Waals surface area contributed by atoms with E-state index < -0.39 is 0 Å². The molecule has 0 bridgehead atoms. The Kier molecular flexibility index (Phi) is 9.64. The van der Waals surface area contributed by atoms with Gasteiger partial charge in [0, 0.05) is 36.9 Å². The van der Waals surface area contributed by atoms with Gasteiger partial charge in [0.25, 0.3) is 0 Å². The quantitative estimate of drug-likeness (QED) is 0.297. The Balaban J connectivity index is 1.38. The standard InChI is InChI=1S/C23H37N3O2S/c1-3-24-23(25-13-17-29-22-9-7-19(2)8-10-22)26-14-11-20(12-15-26)28-18-21-6-4-5-16-27-21/h7-10,20-21H,3-6,11-18H2,1-2H3,(H,24,25). The van der Waals surface area contributed by atoms with Crippen LogP contribution in [0.3, 0.4) is 0 Å². The molecule has 0 saturated carbocycles. The molecule has 5 nitrogen and oxygen atoms in total. The van der Waals surface area contributed by atoms with Crippen molar-refractivity contribution in [2.45, 2.75) is 63.1 Å². The predicted octanol–water partition coefficient (Wildman–Crippen LogP) is 4.10. The molecule has 0 spiro atoms. The smallest absolute Gasteiger partial charge is 0.193 e. The highest BCUT2D eigenvalue weighted by Crippen LogP contribution is 2.19. The molecule has 3 rings (SSSR count). The molecule has 2 fully saturated rings. The van der Waals surface area contributed by atoms with E-state index in [1.807, 2.05) is 11.8 Å². The number of benzene rings is 1. The van der Waals surface area contributed by atoms with Gasteiger partial charge in [-0.15, -0.1) is 11.8 Å². The fourth-order valence-electron chi connectivity index (χ4n) is 3.79. The zero-order valence-electron chi connectivity index (χ0n) is 18.1. The number of rotatable bonds is 8. The fraction of sp³-hybridized carbons (Fsp3) is 0.696. The number of aryl methyl sites for hydroxylation is 1. The van der Waals surface area contributed by atoms with Gasteiger partial charge in [-0.25, -0.2) is 0 Å². The van der Waals surface area contributed by atoms with Crippen LogP contribution >= 0.6 is 11.8 Å². The molecule has 6 heteroatoms. The van der Waals surface area contributed by atoms with Gasteiger partial charge in [0.15, 0.2) is 5.96 Å². The van der Waals surface area contributed by atoms with Gasteiger partial charge in [-0.3, -0.25) is 4.99 Å². The van der Waals surface area contributed by atoms with E-state index in [2.05, 4.69) is 48.3 Å². The van der Waals surface area contributed by atoms with Crippen LogP contribution in [0.25, 0.3) is 0 Å². The van der Waals surface area contributed by atoms with Crippen LogP contribution in [0, 0.1) is 6.92 Å². The summed E-state index contributed by atoms with van der Waals surface area (Å²) in [7, 11) is 0.